The zero-order valence-electron chi connectivity index (χ0n) is 23.6. The Morgan fingerprint density at radius 1 is 0.556 bits per heavy atom. The van der Waals surface area contributed by atoms with Crippen molar-refractivity contribution < 1.29 is 0 Å². The zero-order valence-corrected chi connectivity index (χ0v) is 28.9. The molecular weight excluding hydrogens is 599 g/mol. The van der Waals surface area contributed by atoms with Crippen LogP contribution in [-0.2, 0) is 6.42 Å². The van der Waals surface area contributed by atoms with Crippen LogP contribution in [0.15, 0.2) is 18.2 Å². The number of hydrogen-bond donors (Lipinski definition) is 0. The van der Waals surface area contributed by atoms with Crippen LogP contribution in [0.5, 0.6) is 0 Å². The second-order valence-corrected chi connectivity index (χ2v) is 30.9. The van der Waals surface area contributed by atoms with E-state index >= 15 is 0 Å². The number of unbranched alkanes of at least 4 members (excludes halogenated alkanes) is 13. The van der Waals surface area contributed by atoms with Gasteiger partial charge in [-0.05, 0) is 0 Å². The van der Waals surface area contributed by atoms with Gasteiger partial charge in [0.1, 0.15) is 0 Å². The van der Waals surface area contributed by atoms with Crippen molar-refractivity contribution in [1.82, 2.24) is 0 Å². The molecule has 1 aromatic carbocycles. The molecule has 4 heteroatoms. The maximum atomic E-state index is 2.60. The van der Waals surface area contributed by atoms with Crippen molar-refractivity contribution in [3.63, 3.8) is 0 Å². The summed E-state index contributed by atoms with van der Waals surface area (Å²) in [5.41, 5.74) is 0. The number of rotatable bonds is 16. The molecule has 0 N–H and O–H groups in total. The van der Waals surface area contributed by atoms with Gasteiger partial charge in [0.25, 0.3) is 0 Å². The van der Waals surface area contributed by atoms with Crippen molar-refractivity contribution in [3.05, 3.63) is 28.0 Å². The van der Waals surface area contributed by atoms with Gasteiger partial charge in [0.15, 0.2) is 0 Å². The molecule has 3 aromatic heterocycles. The fourth-order valence-electron chi connectivity index (χ4n) is 5.44. The summed E-state index contributed by atoms with van der Waals surface area (Å²) in [4.78, 5) is 10.7. The molecule has 0 saturated heterocycles. The number of benzene rings is 1. The van der Waals surface area contributed by atoms with Gasteiger partial charge in [0.05, 0.1) is 0 Å². The summed E-state index contributed by atoms with van der Waals surface area (Å²) in [5, 5.41) is 4.60. The molecule has 0 aliphatic heterocycles. The van der Waals surface area contributed by atoms with Gasteiger partial charge < -0.3 is 0 Å². The molecule has 0 atom stereocenters. The van der Waals surface area contributed by atoms with Gasteiger partial charge in [-0.25, -0.2) is 0 Å². The third-order valence-corrected chi connectivity index (χ3v) is 20.6. The summed E-state index contributed by atoms with van der Waals surface area (Å²) >= 11 is 4.14. The van der Waals surface area contributed by atoms with Crippen molar-refractivity contribution in [2.24, 2.45) is 0 Å². The van der Waals surface area contributed by atoms with E-state index in [0.717, 1.165) is 0 Å². The van der Waals surface area contributed by atoms with E-state index in [1.807, 2.05) is 11.3 Å². The molecule has 0 fully saturated rings. The van der Waals surface area contributed by atoms with E-state index in [9.17, 15) is 0 Å². The predicted octanol–water partition coefficient (Wildman–Crippen LogP) is 12.2. The van der Waals surface area contributed by atoms with Gasteiger partial charge in [0, 0.05) is 0 Å². The number of aryl methyl sites for hydroxylation is 2. The van der Waals surface area contributed by atoms with Crippen LogP contribution in [0.4, 0.5) is 0 Å². The van der Waals surface area contributed by atoms with Gasteiger partial charge in [-0.3, -0.25) is 0 Å². The molecule has 198 valence electrons. The van der Waals surface area contributed by atoms with Gasteiger partial charge in [-0.15, -0.1) is 0 Å². The summed E-state index contributed by atoms with van der Waals surface area (Å²) in [6.45, 7) is 4.58. The van der Waals surface area contributed by atoms with Crippen LogP contribution in [-0.4, -0.2) is 18.4 Å². The first kappa shape index (κ1) is 28.9. The van der Waals surface area contributed by atoms with E-state index in [1.54, 1.807) is 27.3 Å². The van der Waals surface area contributed by atoms with Crippen molar-refractivity contribution in [3.8, 4) is 0 Å². The van der Waals surface area contributed by atoms with E-state index in [4.69, 9.17) is 0 Å². The average molecular weight is 648 g/mol. The number of fused-ring (bicyclic) bond motifs is 6. The summed E-state index contributed by atoms with van der Waals surface area (Å²) in [6.07, 6.45) is 21.4. The number of hydrogen-bond acceptors (Lipinski definition) is 3. The van der Waals surface area contributed by atoms with Gasteiger partial charge >= 0.3 is 174 Å². The SMILES string of the molecule is CCCCCCCCCCCCCCCCc1cc2c3cc(C)sc3c3s[c]([Sn]([CH3])([CH3])[CH3])cc3c2s1. The topological polar surface area (TPSA) is 0 Å². The van der Waals surface area contributed by atoms with Crippen LogP contribution in [0, 0.1) is 6.92 Å². The minimum absolute atomic E-state index is 1.26. The molecule has 0 aliphatic rings. The van der Waals surface area contributed by atoms with Crippen molar-refractivity contribution in [1.29, 1.82) is 0 Å². The monoisotopic (exact) mass is 648 g/mol. The van der Waals surface area contributed by atoms with E-state index in [2.05, 4.69) is 69.5 Å². The number of thiophene rings is 3. The normalized spacial score (nSPS) is 12.6. The average Bonchev–Trinajstić information content (AvgIpc) is 3.54. The van der Waals surface area contributed by atoms with Crippen molar-refractivity contribution >= 4 is 85.5 Å². The van der Waals surface area contributed by atoms with Crippen LogP contribution in [0.1, 0.15) is 107 Å². The maximum absolute atomic E-state index is 2.60. The van der Waals surface area contributed by atoms with Crippen molar-refractivity contribution in [2.45, 2.75) is 125 Å². The molecule has 4 rings (SSSR count). The van der Waals surface area contributed by atoms with Gasteiger partial charge in [0.2, 0.25) is 0 Å². The Bertz CT molecular complexity index is 1230. The Morgan fingerprint density at radius 3 is 1.67 bits per heavy atom. The first-order valence-electron chi connectivity index (χ1n) is 14.8. The van der Waals surface area contributed by atoms with Crippen LogP contribution in [0.25, 0.3) is 30.3 Å². The molecule has 0 unspecified atom stereocenters. The second kappa shape index (κ2) is 13.8. The van der Waals surface area contributed by atoms with Crippen LogP contribution < -0.4 is 2.89 Å². The van der Waals surface area contributed by atoms with E-state index in [-0.39, 0.29) is 0 Å². The standard InChI is InChI=1S/C29H39S3.3CH3.Sn/c1-3-4-5-6-7-8-9-10-11-12-13-14-15-16-17-23-21-26-25-20-22(2)31-29(25)28-24(18-19-30-28)27(26)32-23;;;;/h18,20-21H,3-17H2,1-2H3;3*1H3;. The first-order chi connectivity index (χ1) is 17.4. The molecule has 0 saturated carbocycles. The summed E-state index contributed by atoms with van der Waals surface area (Å²) in [7, 11) is 0. The van der Waals surface area contributed by atoms with E-state index in [0.29, 0.717) is 0 Å². The van der Waals surface area contributed by atoms with Gasteiger partial charge in [-0.1, -0.05) is 64.7 Å². The molecular formula is C32H48S3Sn. The molecule has 4 aromatic rings. The fraction of sp³-hybridized carbons (Fsp3) is 0.625. The second-order valence-electron chi connectivity index (χ2n) is 12.0. The van der Waals surface area contributed by atoms with E-state index in [1.165, 1.54) is 112 Å². The third-order valence-electron chi connectivity index (χ3n) is 7.63. The molecule has 0 bridgehead atoms. The Morgan fingerprint density at radius 2 is 1.08 bits per heavy atom. The molecule has 0 spiro atoms. The van der Waals surface area contributed by atoms with Crippen molar-refractivity contribution in [2.75, 3.05) is 0 Å². The Balaban J connectivity index is 1.25. The summed E-state index contributed by atoms with van der Waals surface area (Å²) < 4.78 is 6.40. The third kappa shape index (κ3) is 7.51. The predicted molar refractivity (Wildman–Crippen MR) is 174 cm³/mol. The molecule has 36 heavy (non-hydrogen) atoms. The Hall–Kier alpha value is -0.101. The van der Waals surface area contributed by atoms with E-state index < -0.39 is 18.4 Å². The zero-order chi connectivity index (χ0) is 25.5. The quantitative estimate of drug-likeness (QED) is 0.0839. The first-order valence-corrected chi connectivity index (χ1v) is 27.2. The Kier molecular flexibility index (Phi) is 11.1. The minimum atomic E-state index is -2.08. The molecule has 3 heterocycles. The molecule has 0 nitrogen and oxygen atoms in total. The fourth-order valence-corrected chi connectivity index (χ4v) is 14.3. The summed E-state index contributed by atoms with van der Waals surface area (Å²) in [5.74, 6) is 0. The summed E-state index contributed by atoms with van der Waals surface area (Å²) in [6, 6.07) is 7.60. The van der Waals surface area contributed by atoms with Crippen LogP contribution in [0.3, 0.4) is 0 Å². The molecule has 0 radical (unpaired) electrons. The molecule has 0 aliphatic carbocycles. The van der Waals surface area contributed by atoms with Gasteiger partial charge in [-0.2, -0.15) is 0 Å². The Labute approximate surface area is 236 Å². The molecule has 0 amide bonds. The van der Waals surface area contributed by atoms with Crippen LogP contribution >= 0.6 is 34.0 Å². The van der Waals surface area contributed by atoms with Crippen LogP contribution in [0.2, 0.25) is 14.8 Å².